The average molecular weight is 1420 g/mol. The molecule has 5 atom stereocenters. The number of hydrogen-bond donors (Lipinski definition) is 3. The lowest BCUT2D eigenvalue weighted by Crippen LogP contribution is -2.30. The molecule has 0 heterocycles. The summed E-state index contributed by atoms with van der Waals surface area (Å²) in [5.74, 6) is -2.22. The van der Waals surface area contributed by atoms with E-state index in [1.165, 1.54) is 96.3 Å². The Hall–Kier alpha value is -4.02. The molecule has 566 valence electrons. The molecular formula is C79H138O17P2. The molecule has 0 bridgehead atoms. The van der Waals surface area contributed by atoms with Gasteiger partial charge in [0, 0.05) is 25.7 Å². The van der Waals surface area contributed by atoms with Gasteiger partial charge >= 0.3 is 39.5 Å². The van der Waals surface area contributed by atoms with Crippen LogP contribution in [0.15, 0.2) is 97.2 Å². The number of phosphoric ester groups is 2. The third kappa shape index (κ3) is 70.4. The molecule has 0 aliphatic carbocycles. The normalized spacial score (nSPS) is 14.5. The van der Waals surface area contributed by atoms with Crippen molar-refractivity contribution in [3.63, 3.8) is 0 Å². The molecule has 0 fully saturated rings. The van der Waals surface area contributed by atoms with Gasteiger partial charge in [-0.15, -0.1) is 0 Å². The lowest BCUT2D eigenvalue weighted by atomic mass is 10.0. The molecule has 5 unspecified atom stereocenters. The number of rotatable bonds is 72. The van der Waals surface area contributed by atoms with E-state index in [4.69, 9.17) is 37.0 Å². The molecule has 0 aliphatic rings. The molecule has 19 heteroatoms. The number of ether oxygens (including phenoxy) is 4. The van der Waals surface area contributed by atoms with Crippen LogP contribution < -0.4 is 0 Å². The highest BCUT2D eigenvalue weighted by Gasteiger charge is 2.30. The van der Waals surface area contributed by atoms with E-state index in [-0.39, 0.29) is 25.7 Å². The summed E-state index contributed by atoms with van der Waals surface area (Å²) in [7, 11) is -9.95. The summed E-state index contributed by atoms with van der Waals surface area (Å²) in [4.78, 5) is 72.8. The van der Waals surface area contributed by atoms with E-state index in [2.05, 4.69) is 125 Å². The first-order valence-electron chi connectivity index (χ1n) is 38.5. The molecule has 17 nitrogen and oxygen atoms in total. The van der Waals surface area contributed by atoms with Crippen molar-refractivity contribution in [1.29, 1.82) is 0 Å². The summed E-state index contributed by atoms with van der Waals surface area (Å²) < 4.78 is 68.4. The van der Waals surface area contributed by atoms with Gasteiger partial charge in [0.2, 0.25) is 0 Å². The number of esters is 4. The highest BCUT2D eigenvalue weighted by molar-refractivity contribution is 7.47. The maximum atomic E-state index is 13.1. The fraction of sp³-hybridized carbons (Fsp3) is 0.747. The number of aliphatic hydroxyl groups excluding tert-OH is 1. The van der Waals surface area contributed by atoms with Crippen LogP contribution in [0.1, 0.15) is 323 Å². The van der Waals surface area contributed by atoms with E-state index in [0.29, 0.717) is 32.1 Å². The van der Waals surface area contributed by atoms with Crippen molar-refractivity contribution in [2.75, 3.05) is 39.6 Å². The summed E-state index contributed by atoms with van der Waals surface area (Å²) in [6.07, 6.45) is 74.0. The van der Waals surface area contributed by atoms with Crippen LogP contribution in [0.5, 0.6) is 0 Å². The van der Waals surface area contributed by atoms with Crippen LogP contribution in [0, 0.1) is 0 Å². The van der Waals surface area contributed by atoms with E-state index in [9.17, 15) is 43.2 Å². The molecule has 0 saturated heterocycles. The fourth-order valence-electron chi connectivity index (χ4n) is 10.3. The predicted octanol–water partition coefficient (Wildman–Crippen LogP) is 22.0. The molecule has 0 aromatic heterocycles. The van der Waals surface area contributed by atoms with Crippen molar-refractivity contribution in [2.45, 2.75) is 341 Å². The minimum atomic E-state index is -4.99. The summed E-state index contributed by atoms with van der Waals surface area (Å²) in [5, 5.41) is 10.6. The topological polar surface area (TPSA) is 237 Å². The number of aliphatic hydroxyl groups is 1. The Labute approximate surface area is 595 Å². The minimum absolute atomic E-state index is 0.0393. The molecular weight excluding hydrogens is 1280 g/mol. The van der Waals surface area contributed by atoms with E-state index in [0.717, 1.165) is 141 Å². The van der Waals surface area contributed by atoms with Gasteiger partial charge in [-0.05, 0) is 103 Å². The number of phosphoric acid groups is 2. The molecule has 0 spiro atoms. The third-order valence-electron chi connectivity index (χ3n) is 16.1. The van der Waals surface area contributed by atoms with Gasteiger partial charge in [-0.25, -0.2) is 9.13 Å². The van der Waals surface area contributed by atoms with E-state index in [1.807, 2.05) is 0 Å². The quantitative estimate of drug-likeness (QED) is 0.0169. The monoisotopic (exact) mass is 1420 g/mol. The van der Waals surface area contributed by atoms with Crippen LogP contribution in [0.25, 0.3) is 0 Å². The van der Waals surface area contributed by atoms with Crippen molar-refractivity contribution in [3.8, 4) is 0 Å². The van der Waals surface area contributed by atoms with Crippen molar-refractivity contribution in [3.05, 3.63) is 97.2 Å². The van der Waals surface area contributed by atoms with Gasteiger partial charge < -0.3 is 33.8 Å². The Morgan fingerprint density at radius 1 is 0.296 bits per heavy atom. The van der Waals surface area contributed by atoms with Crippen molar-refractivity contribution >= 4 is 39.5 Å². The van der Waals surface area contributed by atoms with Crippen LogP contribution in [-0.4, -0.2) is 96.7 Å². The maximum absolute atomic E-state index is 13.1. The first-order chi connectivity index (χ1) is 47.7. The molecule has 0 aromatic carbocycles. The molecule has 0 amide bonds. The van der Waals surface area contributed by atoms with Gasteiger partial charge in [0.1, 0.15) is 19.3 Å². The first kappa shape index (κ1) is 94.0. The molecule has 98 heavy (non-hydrogen) atoms. The summed E-state index contributed by atoms with van der Waals surface area (Å²) in [5.41, 5.74) is 0. The Kier molecular flexibility index (Phi) is 68.4. The Morgan fingerprint density at radius 3 is 0.837 bits per heavy atom. The van der Waals surface area contributed by atoms with Crippen molar-refractivity contribution < 1.29 is 80.2 Å². The SMILES string of the molecule is CC/C=C\C/C=C\C/C=C\C/C=C\CCCCCCCCC(=O)OCC(COP(=O)(O)OCC(O)COP(=O)(O)OCC(COC(=O)CCCCCCCCCCCCCCC)OC(=O)CCCCCCCCCCCCC)OC(=O)CCCC/C=C\C/C=C\C/C=C\C/C=C\CC. The van der Waals surface area contributed by atoms with Crippen LogP contribution >= 0.6 is 15.6 Å². The highest BCUT2D eigenvalue weighted by atomic mass is 31.2. The third-order valence-corrected chi connectivity index (χ3v) is 18.0. The smallest absolute Gasteiger partial charge is 0.462 e. The first-order valence-corrected chi connectivity index (χ1v) is 41.5. The zero-order valence-electron chi connectivity index (χ0n) is 61.7. The second-order valence-electron chi connectivity index (χ2n) is 25.5. The summed E-state index contributed by atoms with van der Waals surface area (Å²) in [6.45, 7) is 4.60. The Morgan fingerprint density at radius 2 is 0.531 bits per heavy atom. The Balaban J connectivity index is 5.35. The van der Waals surface area contributed by atoms with Crippen molar-refractivity contribution in [1.82, 2.24) is 0 Å². The zero-order valence-corrected chi connectivity index (χ0v) is 63.5. The molecule has 3 N–H and O–H groups in total. The average Bonchev–Trinajstić information content (AvgIpc) is 0.992. The number of carbonyl (C=O) groups excluding carboxylic acids is 4. The number of hydrogen-bond acceptors (Lipinski definition) is 15. The summed E-state index contributed by atoms with van der Waals surface area (Å²) >= 11 is 0. The van der Waals surface area contributed by atoms with Gasteiger partial charge in [0.15, 0.2) is 12.2 Å². The predicted molar refractivity (Wildman–Crippen MR) is 399 cm³/mol. The van der Waals surface area contributed by atoms with Crippen molar-refractivity contribution in [2.24, 2.45) is 0 Å². The molecule has 0 radical (unpaired) electrons. The Bertz CT molecular complexity index is 2240. The van der Waals surface area contributed by atoms with E-state index < -0.39 is 97.5 Å². The van der Waals surface area contributed by atoms with E-state index in [1.54, 1.807) is 0 Å². The van der Waals surface area contributed by atoms with Gasteiger partial charge in [-0.2, -0.15) is 0 Å². The van der Waals surface area contributed by atoms with Gasteiger partial charge in [-0.1, -0.05) is 292 Å². The number of carbonyl (C=O) groups is 4. The van der Waals surface area contributed by atoms with Crippen LogP contribution in [0.2, 0.25) is 0 Å². The van der Waals surface area contributed by atoms with Crippen LogP contribution in [-0.2, 0) is 65.4 Å². The largest absolute Gasteiger partial charge is 0.472 e. The fourth-order valence-corrected chi connectivity index (χ4v) is 11.8. The van der Waals surface area contributed by atoms with Crippen LogP contribution in [0.4, 0.5) is 0 Å². The van der Waals surface area contributed by atoms with E-state index >= 15 is 0 Å². The van der Waals surface area contributed by atoms with Crippen LogP contribution in [0.3, 0.4) is 0 Å². The molecule has 0 rings (SSSR count). The lowest BCUT2D eigenvalue weighted by Gasteiger charge is -2.21. The second kappa shape index (κ2) is 71.4. The maximum Gasteiger partial charge on any atom is 0.472 e. The van der Waals surface area contributed by atoms with Gasteiger partial charge in [0.05, 0.1) is 26.4 Å². The zero-order chi connectivity index (χ0) is 71.8. The highest BCUT2D eigenvalue weighted by Crippen LogP contribution is 2.45. The second-order valence-corrected chi connectivity index (χ2v) is 28.5. The lowest BCUT2D eigenvalue weighted by molar-refractivity contribution is -0.161. The molecule has 0 aliphatic heterocycles. The standard InChI is InChI=1S/C79H138O17P2/c1-5-9-13-17-21-25-29-32-34-35-36-37-39-41-45-48-52-56-60-64-77(82)90-70-75(96-79(84)66-62-58-54-50-46-42-38-33-30-26-22-18-14-10-6-2)72-94-98(87,88)92-68-73(80)67-91-97(85,86)93-71-74(95-78(83)65-61-57-53-49-43-28-24-20-16-12-8-4)69-89-76(81)63-59-55-51-47-44-40-31-27-23-19-15-11-7-3/h9-10,13-14,21-22,25-26,32-34,36-38,46,50,73-75,80H,5-8,11-12,15-20,23-24,27-31,35,39-45,47-49,51-72H2,1-4H3,(H,85,86)(H,87,88)/b13-9-,14-10-,25-21-,26-22-,34-32-,37-36-,38-33-,50-46-. The molecule has 0 aromatic rings. The number of unbranched alkanes of at least 4 members (excludes halogenated alkanes) is 30. The molecule has 0 saturated carbocycles. The minimum Gasteiger partial charge on any atom is -0.462 e. The number of allylic oxidation sites excluding steroid dienone is 16. The van der Waals surface area contributed by atoms with Gasteiger partial charge in [-0.3, -0.25) is 37.3 Å². The van der Waals surface area contributed by atoms with Gasteiger partial charge in [0.25, 0.3) is 0 Å². The summed E-state index contributed by atoms with van der Waals surface area (Å²) in [6, 6.07) is 0.